The second kappa shape index (κ2) is 5.70. The highest BCUT2D eigenvalue weighted by Crippen LogP contribution is 2.41. The predicted octanol–water partition coefficient (Wildman–Crippen LogP) is 4.20. The molecule has 1 fully saturated rings. The van der Waals surface area contributed by atoms with Crippen molar-refractivity contribution in [3.05, 3.63) is 23.8 Å². The van der Waals surface area contributed by atoms with E-state index >= 15 is 0 Å². The van der Waals surface area contributed by atoms with Gasteiger partial charge >= 0.3 is 0 Å². The lowest BCUT2D eigenvalue weighted by atomic mass is 9.68. The number of amides is 1. The van der Waals surface area contributed by atoms with Crippen molar-refractivity contribution in [1.82, 2.24) is 0 Å². The van der Waals surface area contributed by atoms with E-state index in [4.69, 9.17) is 0 Å². The van der Waals surface area contributed by atoms with Crippen LogP contribution in [0.3, 0.4) is 0 Å². The predicted molar refractivity (Wildman–Crippen MR) is 87.6 cm³/mol. The van der Waals surface area contributed by atoms with Crippen molar-refractivity contribution in [3.63, 3.8) is 0 Å². The summed E-state index contributed by atoms with van der Waals surface area (Å²) in [4.78, 5) is 12.7. The molecule has 1 amide bonds. The minimum Gasteiger partial charge on any atom is -0.385 e. The standard InChI is InChI=1S/C18H26N2O/c1-18(2)11-4-3-8-14(18)17(21)20-16-10-5-9-15-13(16)7-6-12-19-15/h5,9-10,14,19H,3-4,6-8,11-12H2,1-2H3,(H,20,21). The molecule has 21 heavy (non-hydrogen) atoms. The first-order valence-corrected chi connectivity index (χ1v) is 8.24. The van der Waals surface area contributed by atoms with Crippen LogP contribution in [0.25, 0.3) is 0 Å². The van der Waals surface area contributed by atoms with Crippen LogP contribution in [0.4, 0.5) is 11.4 Å². The van der Waals surface area contributed by atoms with Gasteiger partial charge in [-0.3, -0.25) is 4.79 Å². The molecule has 1 atom stereocenters. The Morgan fingerprint density at radius 1 is 1.29 bits per heavy atom. The van der Waals surface area contributed by atoms with E-state index in [9.17, 15) is 4.79 Å². The average Bonchev–Trinajstić information content (AvgIpc) is 2.47. The number of carbonyl (C=O) groups is 1. The molecule has 1 saturated carbocycles. The largest absolute Gasteiger partial charge is 0.385 e. The monoisotopic (exact) mass is 286 g/mol. The number of anilines is 2. The Morgan fingerprint density at radius 2 is 2.14 bits per heavy atom. The number of fused-ring (bicyclic) bond motifs is 1. The van der Waals surface area contributed by atoms with Gasteiger partial charge in [-0.1, -0.05) is 32.8 Å². The van der Waals surface area contributed by atoms with Crippen molar-refractivity contribution >= 4 is 17.3 Å². The summed E-state index contributed by atoms with van der Waals surface area (Å²) in [5.41, 5.74) is 3.58. The molecule has 1 aromatic carbocycles. The van der Waals surface area contributed by atoms with Crippen molar-refractivity contribution in [2.75, 3.05) is 17.2 Å². The van der Waals surface area contributed by atoms with Crippen molar-refractivity contribution < 1.29 is 4.79 Å². The summed E-state index contributed by atoms with van der Waals surface area (Å²) in [6.45, 7) is 5.50. The first-order valence-electron chi connectivity index (χ1n) is 8.24. The van der Waals surface area contributed by atoms with Crippen LogP contribution < -0.4 is 10.6 Å². The van der Waals surface area contributed by atoms with Crippen molar-refractivity contribution in [2.24, 2.45) is 11.3 Å². The Hall–Kier alpha value is -1.51. The fraction of sp³-hybridized carbons (Fsp3) is 0.611. The van der Waals surface area contributed by atoms with Gasteiger partial charge < -0.3 is 10.6 Å². The summed E-state index contributed by atoms with van der Waals surface area (Å²) in [6, 6.07) is 6.17. The van der Waals surface area contributed by atoms with Gasteiger partial charge in [0.25, 0.3) is 0 Å². The number of carbonyl (C=O) groups excluding carboxylic acids is 1. The summed E-state index contributed by atoms with van der Waals surface area (Å²) >= 11 is 0. The second-order valence-electron chi connectivity index (χ2n) is 7.14. The Bertz CT molecular complexity index is 536. The second-order valence-corrected chi connectivity index (χ2v) is 7.14. The van der Waals surface area contributed by atoms with E-state index in [2.05, 4.69) is 30.5 Å². The fourth-order valence-electron chi connectivity index (χ4n) is 3.83. The van der Waals surface area contributed by atoms with E-state index < -0.39 is 0 Å². The molecule has 1 aliphatic carbocycles. The average molecular weight is 286 g/mol. The first kappa shape index (κ1) is 14.4. The van der Waals surface area contributed by atoms with Gasteiger partial charge in [0.1, 0.15) is 0 Å². The lowest BCUT2D eigenvalue weighted by Gasteiger charge is -2.37. The molecule has 3 nitrogen and oxygen atoms in total. The molecule has 2 aliphatic rings. The van der Waals surface area contributed by atoms with Crippen LogP contribution in [-0.2, 0) is 11.2 Å². The Morgan fingerprint density at radius 3 is 2.95 bits per heavy atom. The summed E-state index contributed by atoms with van der Waals surface area (Å²) in [5.74, 6) is 0.345. The molecule has 1 aromatic rings. The topological polar surface area (TPSA) is 41.1 Å². The van der Waals surface area contributed by atoms with Crippen LogP contribution in [0.1, 0.15) is 51.5 Å². The van der Waals surface area contributed by atoms with Crippen LogP contribution in [0, 0.1) is 11.3 Å². The van der Waals surface area contributed by atoms with Gasteiger partial charge in [-0.15, -0.1) is 0 Å². The molecule has 1 heterocycles. The molecule has 3 heteroatoms. The highest BCUT2D eigenvalue weighted by molar-refractivity contribution is 5.94. The van der Waals surface area contributed by atoms with Crippen LogP contribution in [0.5, 0.6) is 0 Å². The first-order chi connectivity index (χ1) is 10.1. The summed E-state index contributed by atoms with van der Waals surface area (Å²) in [5, 5.41) is 6.64. The molecule has 0 bridgehead atoms. The molecular weight excluding hydrogens is 260 g/mol. The van der Waals surface area contributed by atoms with Crippen LogP contribution in [0.2, 0.25) is 0 Å². The van der Waals surface area contributed by atoms with E-state index in [1.165, 1.54) is 24.1 Å². The molecule has 114 valence electrons. The van der Waals surface area contributed by atoms with Crippen LogP contribution in [-0.4, -0.2) is 12.5 Å². The van der Waals surface area contributed by atoms with E-state index in [-0.39, 0.29) is 17.2 Å². The lowest BCUT2D eigenvalue weighted by Crippen LogP contribution is -2.37. The third kappa shape index (κ3) is 2.92. The third-order valence-corrected chi connectivity index (χ3v) is 5.18. The maximum atomic E-state index is 12.7. The highest BCUT2D eigenvalue weighted by atomic mass is 16.1. The number of nitrogens with one attached hydrogen (secondary N) is 2. The SMILES string of the molecule is CC1(C)CCCCC1C(=O)Nc1cccc2c1CCCN2. The zero-order chi connectivity index (χ0) is 14.9. The van der Waals surface area contributed by atoms with E-state index in [0.29, 0.717) is 0 Å². The van der Waals surface area contributed by atoms with E-state index in [1.807, 2.05) is 12.1 Å². The van der Waals surface area contributed by atoms with Gasteiger partial charge in [0, 0.05) is 23.8 Å². The summed E-state index contributed by atoms with van der Waals surface area (Å²) in [6.07, 6.45) is 6.78. The van der Waals surface area contributed by atoms with Gasteiger partial charge in [0.2, 0.25) is 5.91 Å². The number of hydrogen-bond acceptors (Lipinski definition) is 2. The minimum atomic E-state index is 0.120. The maximum Gasteiger partial charge on any atom is 0.228 e. The molecule has 0 aromatic heterocycles. The lowest BCUT2D eigenvalue weighted by molar-refractivity contribution is -0.124. The number of benzene rings is 1. The van der Waals surface area contributed by atoms with Gasteiger partial charge in [-0.2, -0.15) is 0 Å². The molecule has 1 unspecified atom stereocenters. The highest BCUT2D eigenvalue weighted by Gasteiger charge is 2.37. The smallest absolute Gasteiger partial charge is 0.228 e. The Balaban J connectivity index is 1.79. The van der Waals surface area contributed by atoms with Gasteiger partial charge in [0.15, 0.2) is 0 Å². The quantitative estimate of drug-likeness (QED) is 0.855. The van der Waals surface area contributed by atoms with Gasteiger partial charge in [-0.05, 0) is 48.8 Å². The van der Waals surface area contributed by atoms with Crippen LogP contribution in [0.15, 0.2) is 18.2 Å². The number of hydrogen-bond donors (Lipinski definition) is 2. The molecule has 0 saturated heterocycles. The zero-order valence-corrected chi connectivity index (χ0v) is 13.2. The number of rotatable bonds is 2. The Labute approximate surface area is 127 Å². The maximum absolute atomic E-state index is 12.7. The summed E-state index contributed by atoms with van der Waals surface area (Å²) < 4.78 is 0. The van der Waals surface area contributed by atoms with E-state index in [0.717, 1.165) is 37.9 Å². The molecule has 1 aliphatic heterocycles. The fourth-order valence-corrected chi connectivity index (χ4v) is 3.83. The molecule has 0 spiro atoms. The third-order valence-electron chi connectivity index (χ3n) is 5.18. The minimum absolute atomic E-state index is 0.120. The Kier molecular flexibility index (Phi) is 3.92. The van der Waals surface area contributed by atoms with E-state index in [1.54, 1.807) is 0 Å². The zero-order valence-electron chi connectivity index (χ0n) is 13.2. The summed E-state index contributed by atoms with van der Waals surface area (Å²) in [7, 11) is 0. The van der Waals surface area contributed by atoms with Crippen molar-refractivity contribution in [3.8, 4) is 0 Å². The molecule has 3 rings (SSSR count). The van der Waals surface area contributed by atoms with Crippen molar-refractivity contribution in [2.45, 2.75) is 52.4 Å². The van der Waals surface area contributed by atoms with Gasteiger partial charge in [0.05, 0.1) is 0 Å². The van der Waals surface area contributed by atoms with Crippen molar-refractivity contribution in [1.29, 1.82) is 0 Å². The van der Waals surface area contributed by atoms with Gasteiger partial charge in [-0.25, -0.2) is 0 Å². The molecule has 2 N–H and O–H groups in total. The molecular formula is C18H26N2O. The normalized spacial score (nSPS) is 23.8. The molecule has 0 radical (unpaired) electrons. The van der Waals surface area contributed by atoms with Crippen LogP contribution >= 0.6 is 0 Å².